The van der Waals surface area contributed by atoms with Crippen molar-refractivity contribution < 1.29 is 27.5 Å². The maximum Gasteiger partial charge on any atom is 0.338 e. The first-order chi connectivity index (χ1) is 13.9. The first kappa shape index (κ1) is 21.9. The Balaban J connectivity index is 1.79. The van der Waals surface area contributed by atoms with Gasteiger partial charge in [0.1, 0.15) is 12.4 Å². The molecule has 0 atom stereocenters. The summed E-state index contributed by atoms with van der Waals surface area (Å²) in [6, 6.07) is 14.3. The third kappa shape index (κ3) is 7.29. The van der Waals surface area contributed by atoms with E-state index in [0.29, 0.717) is 5.75 Å². The van der Waals surface area contributed by atoms with E-state index in [4.69, 9.17) is 15.9 Å². The molecular formula is C20H20N2O6S. The molecule has 0 saturated carbocycles. The number of hydrogen-bond acceptors (Lipinski definition) is 6. The number of esters is 1. The Kier molecular flexibility index (Phi) is 8.21. The highest BCUT2D eigenvalue weighted by Gasteiger charge is 2.17. The van der Waals surface area contributed by atoms with Crippen LogP contribution in [0.3, 0.4) is 0 Å². The molecular weight excluding hydrogens is 396 g/mol. The molecule has 2 aromatic carbocycles. The number of terminal acetylenes is 1. The summed E-state index contributed by atoms with van der Waals surface area (Å²) in [6.07, 6.45) is 5.04. The maximum absolute atomic E-state index is 12.1. The zero-order valence-corrected chi connectivity index (χ0v) is 16.3. The second-order valence-corrected chi connectivity index (χ2v) is 7.41. The van der Waals surface area contributed by atoms with Crippen LogP contribution >= 0.6 is 0 Å². The van der Waals surface area contributed by atoms with Gasteiger partial charge in [0.15, 0.2) is 6.61 Å². The highest BCUT2D eigenvalue weighted by Crippen LogP contribution is 2.12. The Bertz CT molecular complexity index is 984. The number of carbonyl (C=O) groups is 2. The van der Waals surface area contributed by atoms with Crippen molar-refractivity contribution in [3.63, 3.8) is 0 Å². The average Bonchev–Trinajstić information content (AvgIpc) is 2.74. The molecule has 9 heteroatoms. The summed E-state index contributed by atoms with van der Waals surface area (Å²) in [4.78, 5) is 23.7. The van der Waals surface area contributed by atoms with Crippen LogP contribution < -0.4 is 14.8 Å². The van der Waals surface area contributed by atoms with Gasteiger partial charge in [-0.2, -0.15) is 4.72 Å². The number of carbonyl (C=O) groups excluding carboxylic acids is 2. The summed E-state index contributed by atoms with van der Waals surface area (Å²) in [5.74, 6) is 1.51. The second-order valence-electron chi connectivity index (χ2n) is 5.64. The highest BCUT2D eigenvalue weighted by atomic mass is 32.2. The lowest BCUT2D eigenvalue weighted by molar-refractivity contribution is -0.124. The molecule has 0 aliphatic carbocycles. The Hall–Kier alpha value is -3.35. The molecule has 0 heterocycles. The Morgan fingerprint density at radius 2 is 1.83 bits per heavy atom. The molecule has 2 aromatic rings. The van der Waals surface area contributed by atoms with Crippen molar-refractivity contribution >= 4 is 21.9 Å². The van der Waals surface area contributed by atoms with Crippen LogP contribution in [0.5, 0.6) is 5.75 Å². The van der Waals surface area contributed by atoms with Crippen LogP contribution in [0.25, 0.3) is 0 Å². The Morgan fingerprint density at radius 3 is 2.55 bits per heavy atom. The zero-order chi connectivity index (χ0) is 21.1. The molecule has 0 unspecified atom stereocenters. The minimum atomic E-state index is -3.84. The molecule has 29 heavy (non-hydrogen) atoms. The molecule has 0 aliphatic heterocycles. The smallest absolute Gasteiger partial charge is 0.338 e. The van der Waals surface area contributed by atoms with Gasteiger partial charge in [-0.05, 0) is 30.3 Å². The standard InChI is InChI=1S/C20H20N2O6S/c1-2-11-22-29(25,26)18-10-6-7-16(14-18)20(24)28-15-19(23)21-12-13-27-17-8-4-3-5-9-17/h1,3-10,14,22H,11-13,15H2,(H,21,23). The summed E-state index contributed by atoms with van der Waals surface area (Å²) in [7, 11) is -3.84. The molecule has 1 amide bonds. The van der Waals surface area contributed by atoms with Gasteiger partial charge in [0.05, 0.1) is 23.5 Å². The summed E-state index contributed by atoms with van der Waals surface area (Å²) in [5.41, 5.74) is -0.00575. The van der Waals surface area contributed by atoms with Gasteiger partial charge < -0.3 is 14.8 Å². The fraction of sp³-hybridized carbons (Fsp3) is 0.200. The van der Waals surface area contributed by atoms with Crippen LogP contribution in [0.4, 0.5) is 0 Å². The topological polar surface area (TPSA) is 111 Å². The van der Waals surface area contributed by atoms with Crippen molar-refractivity contribution in [2.24, 2.45) is 0 Å². The molecule has 2 N–H and O–H groups in total. The van der Waals surface area contributed by atoms with Crippen LogP contribution in [0.1, 0.15) is 10.4 Å². The van der Waals surface area contributed by atoms with Gasteiger partial charge in [-0.15, -0.1) is 6.42 Å². The number of amides is 1. The van der Waals surface area contributed by atoms with Gasteiger partial charge in [0.2, 0.25) is 10.0 Å². The fourth-order valence-electron chi connectivity index (χ4n) is 2.15. The first-order valence-corrected chi connectivity index (χ1v) is 10.1. The van der Waals surface area contributed by atoms with E-state index in [1.165, 1.54) is 18.2 Å². The summed E-state index contributed by atoms with van der Waals surface area (Å²) in [5, 5.41) is 2.55. The van der Waals surface area contributed by atoms with Crippen molar-refractivity contribution in [3.8, 4) is 18.1 Å². The molecule has 0 bridgehead atoms. The molecule has 0 saturated heterocycles. The van der Waals surface area contributed by atoms with Crippen LogP contribution in [0, 0.1) is 12.3 Å². The average molecular weight is 416 g/mol. The normalized spacial score (nSPS) is 10.6. The third-order valence-electron chi connectivity index (χ3n) is 3.51. The largest absolute Gasteiger partial charge is 0.492 e. The number of benzene rings is 2. The van der Waals surface area contributed by atoms with E-state index in [0.717, 1.165) is 6.07 Å². The lowest BCUT2D eigenvalue weighted by Gasteiger charge is -2.09. The molecule has 152 valence electrons. The Labute approximate surface area is 169 Å². The highest BCUT2D eigenvalue weighted by molar-refractivity contribution is 7.89. The predicted molar refractivity (Wildman–Crippen MR) is 106 cm³/mol. The molecule has 0 aromatic heterocycles. The quantitative estimate of drug-likeness (QED) is 0.339. The third-order valence-corrected chi connectivity index (χ3v) is 4.91. The Morgan fingerprint density at radius 1 is 1.07 bits per heavy atom. The minimum Gasteiger partial charge on any atom is -0.492 e. The van der Waals surface area contributed by atoms with Gasteiger partial charge >= 0.3 is 5.97 Å². The number of rotatable bonds is 10. The lowest BCUT2D eigenvalue weighted by Crippen LogP contribution is -2.32. The van der Waals surface area contributed by atoms with E-state index in [2.05, 4.69) is 16.0 Å². The predicted octanol–water partition coefficient (Wildman–Crippen LogP) is 0.950. The van der Waals surface area contributed by atoms with Crippen molar-refractivity contribution in [2.45, 2.75) is 4.90 Å². The zero-order valence-electron chi connectivity index (χ0n) is 15.5. The number of para-hydroxylation sites is 1. The van der Waals surface area contributed by atoms with Gasteiger partial charge in [-0.25, -0.2) is 13.2 Å². The van der Waals surface area contributed by atoms with E-state index in [9.17, 15) is 18.0 Å². The van der Waals surface area contributed by atoms with Gasteiger partial charge in [0.25, 0.3) is 5.91 Å². The number of nitrogens with one attached hydrogen (secondary N) is 2. The molecule has 0 aliphatic rings. The van der Waals surface area contributed by atoms with E-state index in [1.807, 2.05) is 18.2 Å². The molecule has 2 rings (SSSR count). The minimum absolute atomic E-state index is 0.00575. The monoisotopic (exact) mass is 416 g/mol. The van der Waals surface area contributed by atoms with Crippen LogP contribution in [0.15, 0.2) is 59.5 Å². The summed E-state index contributed by atoms with van der Waals surface area (Å²) in [6.45, 7) is -0.185. The van der Waals surface area contributed by atoms with Gasteiger partial charge in [-0.3, -0.25) is 4.79 Å². The van der Waals surface area contributed by atoms with E-state index < -0.39 is 28.5 Å². The van der Waals surface area contributed by atoms with Crippen LogP contribution in [-0.2, 0) is 19.6 Å². The van der Waals surface area contributed by atoms with Gasteiger partial charge in [0, 0.05) is 0 Å². The second kappa shape index (κ2) is 10.8. The number of sulfonamides is 1. The SMILES string of the molecule is C#CCNS(=O)(=O)c1cccc(C(=O)OCC(=O)NCCOc2ccccc2)c1. The van der Waals surface area contributed by atoms with E-state index in [-0.39, 0.29) is 30.2 Å². The molecule has 0 spiro atoms. The summed E-state index contributed by atoms with van der Waals surface area (Å²) >= 11 is 0. The van der Waals surface area contributed by atoms with Crippen molar-refractivity contribution in [1.29, 1.82) is 0 Å². The van der Waals surface area contributed by atoms with Crippen molar-refractivity contribution in [1.82, 2.24) is 10.0 Å². The maximum atomic E-state index is 12.1. The molecule has 8 nitrogen and oxygen atoms in total. The van der Waals surface area contributed by atoms with Gasteiger partial charge in [-0.1, -0.05) is 30.2 Å². The van der Waals surface area contributed by atoms with E-state index in [1.54, 1.807) is 12.1 Å². The number of ether oxygens (including phenoxy) is 2. The van der Waals surface area contributed by atoms with Crippen LogP contribution in [0.2, 0.25) is 0 Å². The fourth-order valence-corrected chi connectivity index (χ4v) is 3.13. The lowest BCUT2D eigenvalue weighted by atomic mass is 10.2. The van der Waals surface area contributed by atoms with Crippen LogP contribution in [-0.4, -0.2) is 46.6 Å². The molecule has 0 fully saturated rings. The first-order valence-electron chi connectivity index (χ1n) is 8.57. The van der Waals surface area contributed by atoms with Crippen molar-refractivity contribution in [2.75, 3.05) is 26.3 Å². The number of hydrogen-bond donors (Lipinski definition) is 2. The summed E-state index contributed by atoms with van der Waals surface area (Å²) < 4.78 is 36.6. The van der Waals surface area contributed by atoms with Crippen molar-refractivity contribution in [3.05, 3.63) is 60.2 Å². The van der Waals surface area contributed by atoms with E-state index >= 15 is 0 Å². The molecule has 0 radical (unpaired) electrons.